The fourth-order valence-corrected chi connectivity index (χ4v) is 2.57. The van der Waals surface area contributed by atoms with Crippen LogP contribution >= 0.6 is 11.3 Å². The smallest absolute Gasteiger partial charge is 0.319 e. The van der Waals surface area contributed by atoms with Crippen molar-refractivity contribution >= 4 is 23.1 Å². The number of benzene rings is 1. The molecule has 0 aliphatic rings. The molecule has 5 heteroatoms. The molecule has 102 valence electrons. The monoisotopic (exact) mass is 285 g/mol. The molecule has 1 aromatic carbocycles. The van der Waals surface area contributed by atoms with Crippen LogP contribution in [0.4, 0.5) is 10.5 Å². The maximum Gasteiger partial charge on any atom is 0.319 e. The molecule has 0 aliphatic heterocycles. The number of aryl methyl sites for hydroxylation is 2. The van der Waals surface area contributed by atoms with Crippen molar-refractivity contribution in [2.24, 2.45) is 0 Å². The van der Waals surface area contributed by atoms with Crippen LogP contribution in [0, 0.1) is 25.2 Å². The first-order valence-electron chi connectivity index (χ1n) is 6.19. The standard InChI is InChI=1S/C15H15N3OS/c1-10-3-5-12(8-16)7-14(10)18-15(19)17-9-13-6-4-11(2)20-13/h3-7H,9H2,1-2H3,(H2,17,18,19). The van der Waals surface area contributed by atoms with E-state index >= 15 is 0 Å². The van der Waals surface area contributed by atoms with Crippen LogP contribution in [0.15, 0.2) is 30.3 Å². The number of amides is 2. The summed E-state index contributed by atoms with van der Waals surface area (Å²) in [6, 6.07) is 11.0. The largest absolute Gasteiger partial charge is 0.333 e. The Morgan fingerprint density at radius 2 is 2.10 bits per heavy atom. The molecule has 0 saturated carbocycles. The number of nitrogens with zero attached hydrogens (tertiary/aromatic N) is 1. The van der Waals surface area contributed by atoms with Gasteiger partial charge in [0.2, 0.25) is 0 Å². The minimum absolute atomic E-state index is 0.269. The average Bonchev–Trinajstić information content (AvgIpc) is 2.85. The Balaban J connectivity index is 1.96. The van der Waals surface area contributed by atoms with E-state index in [2.05, 4.69) is 16.7 Å². The van der Waals surface area contributed by atoms with Gasteiger partial charge in [-0.1, -0.05) is 6.07 Å². The quantitative estimate of drug-likeness (QED) is 0.905. The predicted molar refractivity (Wildman–Crippen MR) is 80.8 cm³/mol. The summed E-state index contributed by atoms with van der Waals surface area (Å²) in [6.45, 7) is 4.42. The van der Waals surface area contributed by atoms with Crippen molar-refractivity contribution in [1.29, 1.82) is 5.26 Å². The Morgan fingerprint density at radius 3 is 2.75 bits per heavy atom. The molecule has 0 aliphatic carbocycles. The van der Waals surface area contributed by atoms with E-state index in [4.69, 9.17) is 5.26 Å². The van der Waals surface area contributed by atoms with Crippen molar-refractivity contribution in [3.8, 4) is 6.07 Å². The minimum atomic E-state index is -0.269. The van der Waals surface area contributed by atoms with Crippen molar-refractivity contribution in [2.45, 2.75) is 20.4 Å². The molecule has 2 amide bonds. The Morgan fingerprint density at radius 1 is 1.30 bits per heavy atom. The van der Waals surface area contributed by atoms with E-state index in [0.29, 0.717) is 17.8 Å². The van der Waals surface area contributed by atoms with E-state index in [-0.39, 0.29) is 6.03 Å². The second-order valence-corrected chi connectivity index (χ2v) is 5.83. The van der Waals surface area contributed by atoms with Crippen LogP contribution in [0.2, 0.25) is 0 Å². The van der Waals surface area contributed by atoms with Crippen molar-refractivity contribution in [3.63, 3.8) is 0 Å². The molecule has 2 rings (SSSR count). The number of nitrogens with one attached hydrogen (secondary N) is 2. The predicted octanol–water partition coefficient (Wildman–Crippen LogP) is 3.56. The zero-order valence-corrected chi connectivity index (χ0v) is 12.2. The highest BCUT2D eigenvalue weighted by Gasteiger charge is 2.06. The fraction of sp³-hybridized carbons (Fsp3) is 0.200. The number of carbonyl (C=O) groups is 1. The van der Waals surface area contributed by atoms with Gasteiger partial charge < -0.3 is 10.6 Å². The third kappa shape index (κ3) is 3.59. The number of urea groups is 1. The first-order chi connectivity index (χ1) is 9.58. The maximum absolute atomic E-state index is 11.8. The van der Waals surface area contributed by atoms with Gasteiger partial charge in [0.25, 0.3) is 0 Å². The molecule has 1 aromatic heterocycles. The maximum atomic E-state index is 11.8. The summed E-state index contributed by atoms with van der Waals surface area (Å²) in [5.41, 5.74) is 2.11. The second-order valence-electron chi connectivity index (χ2n) is 4.46. The van der Waals surface area contributed by atoms with Gasteiger partial charge in [0.15, 0.2) is 0 Å². The van der Waals surface area contributed by atoms with Crippen molar-refractivity contribution in [1.82, 2.24) is 5.32 Å². The van der Waals surface area contributed by atoms with Crippen LogP contribution < -0.4 is 10.6 Å². The first kappa shape index (κ1) is 14.1. The van der Waals surface area contributed by atoms with Gasteiger partial charge in [-0.2, -0.15) is 5.26 Å². The SMILES string of the molecule is Cc1ccc(CNC(=O)Nc2cc(C#N)ccc2C)s1. The number of hydrogen-bond acceptors (Lipinski definition) is 3. The normalized spacial score (nSPS) is 9.85. The van der Waals surface area contributed by atoms with E-state index in [0.717, 1.165) is 10.4 Å². The number of hydrogen-bond donors (Lipinski definition) is 2. The number of nitriles is 1. The highest BCUT2D eigenvalue weighted by Crippen LogP contribution is 2.17. The lowest BCUT2D eigenvalue weighted by Gasteiger charge is -2.09. The molecule has 2 aromatic rings. The van der Waals surface area contributed by atoms with Gasteiger partial charge in [0.1, 0.15) is 0 Å². The highest BCUT2D eigenvalue weighted by molar-refractivity contribution is 7.11. The summed E-state index contributed by atoms with van der Waals surface area (Å²) in [7, 11) is 0. The van der Waals surface area contributed by atoms with Gasteiger partial charge >= 0.3 is 6.03 Å². The van der Waals surface area contributed by atoms with E-state index in [1.807, 2.05) is 32.0 Å². The number of carbonyl (C=O) groups excluding carboxylic acids is 1. The molecular weight excluding hydrogens is 270 g/mol. The number of rotatable bonds is 3. The van der Waals surface area contributed by atoms with Gasteiger partial charge in [-0.25, -0.2) is 4.79 Å². The molecule has 0 spiro atoms. The van der Waals surface area contributed by atoms with Crippen molar-refractivity contribution in [2.75, 3.05) is 5.32 Å². The molecule has 0 radical (unpaired) electrons. The van der Waals surface area contributed by atoms with Crippen LogP contribution in [-0.2, 0) is 6.54 Å². The molecule has 0 unspecified atom stereocenters. The van der Waals surface area contributed by atoms with Gasteiger partial charge in [-0.15, -0.1) is 11.3 Å². The first-order valence-corrected chi connectivity index (χ1v) is 7.01. The summed E-state index contributed by atoms with van der Waals surface area (Å²) < 4.78 is 0. The molecule has 2 N–H and O–H groups in total. The molecule has 4 nitrogen and oxygen atoms in total. The van der Waals surface area contributed by atoms with Crippen LogP contribution in [0.5, 0.6) is 0 Å². The van der Waals surface area contributed by atoms with Crippen molar-refractivity contribution in [3.05, 3.63) is 51.2 Å². The fourth-order valence-electron chi connectivity index (χ4n) is 1.74. The second kappa shape index (κ2) is 6.22. The topological polar surface area (TPSA) is 64.9 Å². The lowest BCUT2D eigenvalue weighted by Crippen LogP contribution is -2.28. The summed E-state index contributed by atoms with van der Waals surface area (Å²) >= 11 is 1.66. The molecule has 20 heavy (non-hydrogen) atoms. The number of thiophene rings is 1. The van der Waals surface area contributed by atoms with Gasteiger partial charge in [-0.05, 0) is 43.7 Å². The zero-order chi connectivity index (χ0) is 14.5. The Hall–Kier alpha value is -2.32. The van der Waals surface area contributed by atoms with Crippen LogP contribution in [0.1, 0.15) is 20.9 Å². The average molecular weight is 285 g/mol. The van der Waals surface area contributed by atoms with E-state index < -0.39 is 0 Å². The highest BCUT2D eigenvalue weighted by atomic mass is 32.1. The van der Waals surface area contributed by atoms with Gasteiger partial charge in [0.05, 0.1) is 18.2 Å². The summed E-state index contributed by atoms with van der Waals surface area (Å²) in [4.78, 5) is 14.2. The van der Waals surface area contributed by atoms with Gasteiger partial charge in [-0.3, -0.25) is 0 Å². The summed E-state index contributed by atoms with van der Waals surface area (Å²) in [6.07, 6.45) is 0. The van der Waals surface area contributed by atoms with Gasteiger partial charge in [0, 0.05) is 15.4 Å². The molecule has 0 atom stereocenters. The van der Waals surface area contributed by atoms with E-state index in [9.17, 15) is 4.79 Å². The lowest BCUT2D eigenvalue weighted by atomic mass is 10.1. The Bertz CT molecular complexity index is 670. The molecule has 0 saturated heterocycles. The number of anilines is 1. The van der Waals surface area contributed by atoms with Crippen molar-refractivity contribution < 1.29 is 4.79 Å². The Kier molecular flexibility index (Phi) is 4.38. The lowest BCUT2D eigenvalue weighted by molar-refractivity contribution is 0.252. The molecular formula is C15H15N3OS. The summed E-state index contributed by atoms with van der Waals surface area (Å²) in [5.74, 6) is 0. The van der Waals surface area contributed by atoms with Crippen LogP contribution in [0.3, 0.4) is 0 Å². The van der Waals surface area contributed by atoms with Crippen LogP contribution in [0.25, 0.3) is 0 Å². The Labute approximate surface area is 122 Å². The van der Waals surface area contributed by atoms with E-state index in [1.54, 1.807) is 23.5 Å². The molecule has 0 bridgehead atoms. The minimum Gasteiger partial charge on any atom is -0.333 e. The zero-order valence-electron chi connectivity index (χ0n) is 11.4. The molecule has 0 fully saturated rings. The molecule has 1 heterocycles. The van der Waals surface area contributed by atoms with E-state index in [1.165, 1.54) is 4.88 Å². The third-order valence-electron chi connectivity index (χ3n) is 2.83. The third-order valence-corrected chi connectivity index (χ3v) is 3.83. The van der Waals surface area contributed by atoms with Crippen LogP contribution in [-0.4, -0.2) is 6.03 Å². The summed E-state index contributed by atoms with van der Waals surface area (Å²) in [5, 5.41) is 14.4.